The van der Waals surface area contributed by atoms with Crippen molar-refractivity contribution < 1.29 is 18.0 Å². The summed E-state index contributed by atoms with van der Waals surface area (Å²) in [6.45, 7) is 4.69. The molecular formula is C33H40N4O4S. The first-order valence-electron chi connectivity index (χ1n) is 14.3. The summed E-state index contributed by atoms with van der Waals surface area (Å²) >= 11 is 0. The third kappa shape index (κ3) is 9.29. The summed E-state index contributed by atoms with van der Waals surface area (Å²) < 4.78 is 26.0. The molecule has 1 saturated heterocycles. The number of carbonyl (C=O) groups excluding carboxylic acids is 2. The van der Waals surface area contributed by atoms with E-state index in [1.807, 2.05) is 68.6 Å². The van der Waals surface area contributed by atoms with Crippen LogP contribution in [0.3, 0.4) is 0 Å². The SMILES string of the molecule is Cc1cccc(C[C@H](NC(=O)N2CCN(C)CC2)C(=O)N[C@H](/C=C/S(=O)(=O)c2ccccc2)CCc2ccccc2)c1. The molecule has 3 aromatic carbocycles. The number of sulfone groups is 1. The zero-order valence-corrected chi connectivity index (χ0v) is 25.1. The van der Waals surface area contributed by atoms with Crippen LogP contribution in [0.4, 0.5) is 4.79 Å². The Morgan fingerprint density at radius 3 is 2.17 bits per heavy atom. The topological polar surface area (TPSA) is 98.8 Å². The normalized spacial score (nSPS) is 15.7. The van der Waals surface area contributed by atoms with Crippen LogP contribution in [0, 0.1) is 6.92 Å². The number of urea groups is 1. The maximum absolute atomic E-state index is 13.8. The van der Waals surface area contributed by atoms with Crippen LogP contribution >= 0.6 is 0 Å². The van der Waals surface area contributed by atoms with Gasteiger partial charge in [0.25, 0.3) is 0 Å². The van der Waals surface area contributed by atoms with E-state index >= 15 is 0 Å². The highest BCUT2D eigenvalue weighted by molar-refractivity contribution is 7.94. The van der Waals surface area contributed by atoms with Crippen LogP contribution in [0.2, 0.25) is 0 Å². The highest BCUT2D eigenvalue weighted by Crippen LogP contribution is 2.14. The number of benzene rings is 3. The maximum Gasteiger partial charge on any atom is 0.318 e. The minimum Gasteiger partial charge on any atom is -0.348 e. The molecule has 8 nitrogen and oxygen atoms in total. The van der Waals surface area contributed by atoms with Gasteiger partial charge in [-0.05, 0) is 50.1 Å². The molecule has 0 bridgehead atoms. The highest BCUT2D eigenvalue weighted by atomic mass is 32.2. The van der Waals surface area contributed by atoms with Crippen LogP contribution in [0.5, 0.6) is 0 Å². The van der Waals surface area contributed by atoms with E-state index in [2.05, 4.69) is 15.5 Å². The average Bonchev–Trinajstić information content (AvgIpc) is 2.99. The number of nitrogens with one attached hydrogen (secondary N) is 2. The van der Waals surface area contributed by atoms with Gasteiger partial charge in [-0.25, -0.2) is 13.2 Å². The lowest BCUT2D eigenvalue weighted by Crippen LogP contribution is -2.56. The Morgan fingerprint density at radius 2 is 1.50 bits per heavy atom. The Labute approximate surface area is 249 Å². The minimum absolute atomic E-state index is 0.186. The zero-order chi connectivity index (χ0) is 30.0. The summed E-state index contributed by atoms with van der Waals surface area (Å²) in [6.07, 6.45) is 2.97. The molecule has 0 unspecified atom stereocenters. The molecule has 3 aromatic rings. The summed E-state index contributed by atoms with van der Waals surface area (Å²) in [5, 5.41) is 7.15. The third-order valence-corrected chi connectivity index (χ3v) is 8.85. The van der Waals surface area contributed by atoms with Gasteiger partial charge in [0.05, 0.1) is 4.90 Å². The summed E-state index contributed by atoms with van der Waals surface area (Å²) in [5.41, 5.74) is 3.07. The molecule has 2 N–H and O–H groups in total. The second-order valence-electron chi connectivity index (χ2n) is 10.8. The van der Waals surface area contributed by atoms with Gasteiger partial charge in [0.15, 0.2) is 9.84 Å². The van der Waals surface area contributed by atoms with Gasteiger partial charge in [-0.1, -0.05) is 84.4 Å². The smallest absolute Gasteiger partial charge is 0.318 e. The predicted molar refractivity (Wildman–Crippen MR) is 166 cm³/mol. The van der Waals surface area contributed by atoms with Gasteiger partial charge in [-0.15, -0.1) is 0 Å². The Morgan fingerprint density at radius 1 is 0.857 bits per heavy atom. The molecule has 222 valence electrons. The van der Waals surface area contributed by atoms with E-state index < -0.39 is 21.9 Å². The average molecular weight is 589 g/mol. The Hall–Kier alpha value is -3.95. The van der Waals surface area contributed by atoms with E-state index in [-0.39, 0.29) is 16.8 Å². The molecule has 1 fully saturated rings. The number of amides is 3. The Kier molecular flexibility index (Phi) is 10.9. The second kappa shape index (κ2) is 14.8. The van der Waals surface area contributed by atoms with Crippen LogP contribution in [0.1, 0.15) is 23.1 Å². The van der Waals surface area contributed by atoms with Crippen molar-refractivity contribution in [3.63, 3.8) is 0 Å². The lowest BCUT2D eigenvalue weighted by molar-refractivity contribution is -0.123. The molecule has 1 aliphatic rings. The van der Waals surface area contributed by atoms with Gasteiger partial charge in [0.1, 0.15) is 6.04 Å². The number of piperazine rings is 1. The quantitative estimate of drug-likeness (QED) is 0.353. The zero-order valence-electron chi connectivity index (χ0n) is 24.3. The van der Waals surface area contributed by atoms with Crippen molar-refractivity contribution in [2.45, 2.75) is 43.2 Å². The number of hydrogen-bond donors (Lipinski definition) is 2. The number of likely N-dealkylation sites (N-methyl/N-ethyl adjacent to an activating group) is 1. The standard InChI is InChI=1S/C33H40N4O4S/c1-26-10-9-13-28(24-26)25-31(35-33(39)37-21-19-36(2)20-22-37)32(38)34-29(17-16-27-11-5-3-6-12-27)18-23-42(40,41)30-14-7-4-8-15-30/h3-15,18,23-24,29,31H,16-17,19-22,25H2,1-2H3,(H,34,38)(H,35,39)/b23-18+/t29-,31-/m0/s1. The Balaban J connectivity index is 1.54. The van der Waals surface area contributed by atoms with E-state index in [1.165, 1.54) is 6.08 Å². The summed E-state index contributed by atoms with van der Waals surface area (Å²) in [4.78, 5) is 31.1. The molecule has 0 aliphatic carbocycles. The summed E-state index contributed by atoms with van der Waals surface area (Å²) in [6, 6.07) is 24.2. The molecule has 3 amide bonds. The Bertz CT molecular complexity index is 1450. The van der Waals surface area contributed by atoms with Gasteiger partial charge in [0.2, 0.25) is 5.91 Å². The highest BCUT2D eigenvalue weighted by Gasteiger charge is 2.27. The fraction of sp³-hybridized carbons (Fsp3) is 0.333. The molecule has 42 heavy (non-hydrogen) atoms. The van der Waals surface area contributed by atoms with Gasteiger partial charge >= 0.3 is 6.03 Å². The molecule has 1 heterocycles. The molecule has 2 atom stereocenters. The number of carbonyl (C=O) groups is 2. The fourth-order valence-corrected chi connectivity index (χ4v) is 5.98. The molecule has 0 aromatic heterocycles. The van der Waals surface area contributed by atoms with Crippen LogP contribution in [-0.2, 0) is 27.5 Å². The van der Waals surface area contributed by atoms with Gasteiger partial charge in [-0.3, -0.25) is 4.79 Å². The first-order chi connectivity index (χ1) is 20.2. The van der Waals surface area contributed by atoms with Crippen molar-refractivity contribution in [1.82, 2.24) is 20.4 Å². The summed E-state index contributed by atoms with van der Waals surface area (Å²) in [5.74, 6) is -0.362. The lowest BCUT2D eigenvalue weighted by Gasteiger charge is -2.33. The largest absolute Gasteiger partial charge is 0.348 e. The van der Waals surface area contributed by atoms with E-state index in [0.717, 1.165) is 35.2 Å². The molecule has 9 heteroatoms. The van der Waals surface area contributed by atoms with Crippen LogP contribution in [0.15, 0.2) is 101 Å². The minimum atomic E-state index is -3.70. The van der Waals surface area contributed by atoms with Crippen molar-refractivity contribution in [3.8, 4) is 0 Å². The third-order valence-electron chi connectivity index (χ3n) is 7.40. The molecule has 4 rings (SSSR count). The molecule has 1 aliphatic heterocycles. The molecule has 0 radical (unpaired) electrons. The van der Waals surface area contributed by atoms with Crippen molar-refractivity contribution in [2.75, 3.05) is 33.2 Å². The van der Waals surface area contributed by atoms with Crippen molar-refractivity contribution in [3.05, 3.63) is 113 Å². The molecule has 0 spiro atoms. The van der Waals surface area contributed by atoms with Crippen molar-refractivity contribution in [1.29, 1.82) is 0 Å². The first kappa shape index (κ1) is 31.0. The second-order valence-corrected chi connectivity index (χ2v) is 12.6. The van der Waals surface area contributed by atoms with Crippen LogP contribution in [0.25, 0.3) is 0 Å². The predicted octanol–water partition coefficient (Wildman–Crippen LogP) is 3.97. The fourth-order valence-electron chi connectivity index (χ4n) is 4.89. The number of hydrogen-bond acceptors (Lipinski definition) is 5. The number of nitrogens with zero attached hydrogens (tertiary/aromatic N) is 2. The van der Waals surface area contributed by atoms with E-state index in [4.69, 9.17) is 0 Å². The van der Waals surface area contributed by atoms with Gasteiger partial charge in [-0.2, -0.15) is 0 Å². The van der Waals surface area contributed by atoms with E-state index in [0.29, 0.717) is 32.4 Å². The maximum atomic E-state index is 13.8. The first-order valence-corrected chi connectivity index (χ1v) is 15.9. The molecule has 0 saturated carbocycles. The number of rotatable bonds is 11. The monoisotopic (exact) mass is 588 g/mol. The van der Waals surface area contributed by atoms with Gasteiger partial charge < -0.3 is 20.4 Å². The number of aryl methyl sites for hydroxylation is 2. The summed E-state index contributed by atoms with van der Waals surface area (Å²) in [7, 11) is -1.68. The lowest BCUT2D eigenvalue weighted by atomic mass is 10.0. The van der Waals surface area contributed by atoms with Crippen molar-refractivity contribution >= 4 is 21.8 Å². The molecular weight excluding hydrogens is 548 g/mol. The van der Waals surface area contributed by atoms with E-state index in [9.17, 15) is 18.0 Å². The van der Waals surface area contributed by atoms with Crippen LogP contribution < -0.4 is 10.6 Å². The van der Waals surface area contributed by atoms with Crippen molar-refractivity contribution in [2.24, 2.45) is 0 Å². The van der Waals surface area contributed by atoms with E-state index in [1.54, 1.807) is 35.2 Å². The van der Waals surface area contributed by atoms with Crippen LogP contribution in [-0.4, -0.2) is 75.5 Å². The van der Waals surface area contributed by atoms with Gasteiger partial charge in [0, 0.05) is 44.0 Å².